The van der Waals surface area contributed by atoms with Gasteiger partial charge in [-0.1, -0.05) is 25.1 Å². The topological polar surface area (TPSA) is 49.3 Å². The van der Waals surface area contributed by atoms with Gasteiger partial charge in [-0.05, 0) is 36.4 Å². The largest absolute Gasteiger partial charge is 0.396 e. The number of thiophene rings is 1. The maximum atomic E-state index is 12.5. The Morgan fingerprint density at radius 1 is 1.27 bits per heavy atom. The van der Waals surface area contributed by atoms with Gasteiger partial charge >= 0.3 is 0 Å². The second-order valence-corrected chi connectivity index (χ2v) is 7.34. The Morgan fingerprint density at radius 2 is 2.05 bits per heavy atom. The van der Waals surface area contributed by atoms with Gasteiger partial charge in [-0.3, -0.25) is 4.79 Å². The third-order valence-electron chi connectivity index (χ3n) is 3.58. The number of carbonyl (C=O) groups excluding carboxylic acids is 1. The molecule has 0 aliphatic carbocycles. The molecule has 2 rings (SSSR count). The van der Waals surface area contributed by atoms with E-state index in [4.69, 9.17) is 0 Å². The highest BCUT2D eigenvalue weighted by Gasteiger charge is 2.17. The standard InChI is InChI=1S/C17H21NO2S2/c1-12(10-19)13(2)18-17(20)15-7-3-4-8-16(15)22-11-14-6-5-9-21-14/h3-9,12-13,19H,10-11H2,1-2H3,(H,18,20). The predicted octanol–water partition coefficient (Wildman–Crippen LogP) is 3.79. The molecular formula is C17H21NO2S2. The van der Waals surface area contributed by atoms with E-state index in [2.05, 4.69) is 16.8 Å². The summed E-state index contributed by atoms with van der Waals surface area (Å²) < 4.78 is 0. The first-order valence-corrected chi connectivity index (χ1v) is 9.14. The van der Waals surface area contributed by atoms with Crippen LogP contribution in [0.2, 0.25) is 0 Å². The van der Waals surface area contributed by atoms with E-state index in [-0.39, 0.29) is 24.5 Å². The summed E-state index contributed by atoms with van der Waals surface area (Å²) in [5.74, 6) is 0.821. The van der Waals surface area contributed by atoms with Gasteiger partial charge in [-0.15, -0.1) is 23.1 Å². The van der Waals surface area contributed by atoms with E-state index < -0.39 is 0 Å². The molecule has 2 atom stereocenters. The Morgan fingerprint density at radius 3 is 2.73 bits per heavy atom. The van der Waals surface area contributed by atoms with Crippen molar-refractivity contribution in [3.8, 4) is 0 Å². The molecule has 0 saturated carbocycles. The minimum atomic E-state index is -0.0814. The summed E-state index contributed by atoms with van der Waals surface area (Å²) in [5, 5.41) is 14.2. The highest BCUT2D eigenvalue weighted by Crippen LogP contribution is 2.28. The smallest absolute Gasteiger partial charge is 0.252 e. The average Bonchev–Trinajstić information content (AvgIpc) is 3.05. The summed E-state index contributed by atoms with van der Waals surface area (Å²) in [4.78, 5) is 14.7. The van der Waals surface area contributed by atoms with Crippen molar-refractivity contribution < 1.29 is 9.90 Å². The lowest BCUT2D eigenvalue weighted by atomic mass is 10.0. The van der Waals surface area contributed by atoms with Crippen LogP contribution >= 0.6 is 23.1 Å². The van der Waals surface area contributed by atoms with Crippen molar-refractivity contribution in [2.75, 3.05) is 6.61 Å². The van der Waals surface area contributed by atoms with Crippen LogP contribution in [0.25, 0.3) is 0 Å². The average molecular weight is 335 g/mol. The molecular weight excluding hydrogens is 314 g/mol. The molecule has 2 unspecified atom stereocenters. The number of hydrogen-bond donors (Lipinski definition) is 2. The first kappa shape index (κ1) is 17.1. The summed E-state index contributed by atoms with van der Waals surface area (Å²) in [5.41, 5.74) is 0.695. The molecule has 1 amide bonds. The number of benzene rings is 1. The van der Waals surface area contributed by atoms with Crippen molar-refractivity contribution in [2.45, 2.75) is 30.5 Å². The van der Waals surface area contributed by atoms with Crippen LogP contribution in [0.3, 0.4) is 0 Å². The number of thioether (sulfide) groups is 1. The van der Waals surface area contributed by atoms with Gasteiger partial charge in [0.05, 0.1) is 5.56 Å². The molecule has 0 spiro atoms. The van der Waals surface area contributed by atoms with Crippen molar-refractivity contribution in [3.05, 3.63) is 52.2 Å². The number of aliphatic hydroxyl groups is 1. The summed E-state index contributed by atoms with van der Waals surface area (Å²) >= 11 is 3.40. The van der Waals surface area contributed by atoms with Crippen LogP contribution in [0.15, 0.2) is 46.7 Å². The third kappa shape index (κ3) is 4.60. The molecule has 0 radical (unpaired) electrons. The number of rotatable bonds is 7. The minimum Gasteiger partial charge on any atom is -0.396 e. The molecule has 22 heavy (non-hydrogen) atoms. The van der Waals surface area contributed by atoms with Crippen LogP contribution in [-0.2, 0) is 5.75 Å². The fourth-order valence-corrected chi connectivity index (χ4v) is 3.73. The lowest BCUT2D eigenvalue weighted by Gasteiger charge is -2.20. The van der Waals surface area contributed by atoms with Gasteiger partial charge in [0.2, 0.25) is 0 Å². The van der Waals surface area contributed by atoms with Gasteiger partial charge in [0, 0.05) is 28.2 Å². The highest BCUT2D eigenvalue weighted by atomic mass is 32.2. The molecule has 3 nitrogen and oxygen atoms in total. The Labute approximate surface area is 139 Å². The van der Waals surface area contributed by atoms with E-state index in [1.807, 2.05) is 44.2 Å². The number of hydrogen-bond acceptors (Lipinski definition) is 4. The van der Waals surface area contributed by atoms with E-state index >= 15 is 0 Å². The number of aliphatic hydroxyl groups excluding tert-OH is 1. The van der Waals surface area contributed by atoms with Crippen LogP contribution < -0.4 is 5.32 Å². The maximum Gasteiger partial charge on any atom is 0.252 e. The maximum absolute atomic E-state index is 12.5. The fraction of sp³-hybridized carbons (Fsp3) is 0.353. The van der Waals surface area contributed by atoms with Crippen LogP contribution in [0.4, 0.5) is 0 Å². The van der Waals surface area contributed by atoms with E-state index in [1.165, 1.54) is 4.88 Å². The fourth-order valence-electron chi connectivity index (χ4n) is 1.91. The second kappa shape index (κ2) is 8.36. The van der Waals surface area contributed by atoms with Gasteiger partial charge in [0.15, 0.2) is 0 Å². The van der Waals surface area contributed by atoms with Gasteiger partial charge in [-0.2, -0.15) is 0 Å². The first-order valence-electron chi connectivity index (χ1n) is 7.27. The summed E-state index contributed by atoms with van der Waals surface area (Å²) in [7, 11) is 0. The van der Waals surface area contributed by atoms with E-state index in [1.54, 1.807) is 23.1 Å². The Balaban J connectivity index is 2.05. The quantitative estimate of drug-likeness (QED) is 0.757. The van der Waals surface area contributed by atoms with Gasteiger partial charge in [0.1, 0.15) is 0 Å². The number of nitrogens with one attached hydrogen (secondary N) is 1. The van der Waals surface area contributed by atoms with Gasteiger partial charge in [-0.25, -0.2) is 0 Å². The summed E-state index contributed by atoms with van der Waals surface area (Å²) in [6.45, 7) is 3.90. The van der Waals surface area contributed by atoms with Gasteiger partial charge < -0.3 is 10.4 Å². The van der Waals surface area contributed by atoms with Crippen molar-refractivity contribution >= 4 is 29.0 Å². The first-order chi connectivity index (χ1) is 10.6. The molecule has 2 N–H and O–H groups in total. The Kier molecular flexibility index (Phi) is 6.49. The zero-order valence-corrected chi connectivity index (χ0v) is 14.4. The predicted molar refractivity (Wildman–Crippen MR) is 93.5 cm³/mol. The van der Waals surface area contributed by atoms with E-state index in [9.17, 15) is 9.90 Å². The van der Waals surface area contributed by atoms with Crippen LogP contribution in [0.1, 0.15) is 29.1 Å². The molecule has 1 heterocycles. The SMILES string of the molecule is CC(CO)C(C)NC(=O)c1ccccc1SCc1cccs1. The van der Waals surface area contributed by atoms with E-state index in [0.717, 1.165) is 10.6 Å². The van der Waals surface area contributed by atoms with E-state index in [0.29, 0.717) is 5.56 Å². The van der Waals surface area contributed by atoms with Gasteiger partial charge in [0.25, 0.3) is 5.91 Å². The van der Waals surface area contributed by atoms with Crippen LogP contribution in [0.5, 0.6) is 0 Å². The van der Waals surface area contributed by atoms with Crippen molar-refractivity contribution in [3.63, 3.8) is 0 Å². The van der Waals surface area contributed by atoms with Crippen molar-refractivity contribution in [1.82, 2.24) is 5.32 Å². The molecule has 1 aromatic carbocycles. The molecule has 1 aromatic heterocycles. The Hall–Kier alpha value is -1.30. The number of carbonyl (C=O) groups is 1. The zero-order valence-electron chi connectivity index (χ0n) is 12.8. The third-order valence-corrected chi connectivity index (χ3v) is 5.76. The molecule has 2 aromatic rings. The molecule has 118 valence electrons. The molecule has 0 saturated heterocycles. The molecule has 5 heteroatoms. The zero-order chi connectivity index (χ0) is 15.9. The summed E-state index contributed by atoms with van der Waals surface area (Å²) in [6.07, 6.45) is 0. The summed E-state index contributed by atoms with van der Waals surface area (Å²) in [6, 6.07) is 11.7. The lowest BCUT2D eigenvalue weighted by molar-refractivity contribution is 0.0913. The monoisotopic (exact) mass is 335 g/mol. The second-order valence-electron chi connectivity index (χ2n) is 5.29. The molecule has 0 aliphatic heterocycles. The van der Waals surface area contributed by atoms with Crippen molar-refractivity contribution in [2.24, 2.45) is 5.92 Å². The normalized spacial score (nSPS) is 13.6. The number of amides is 1. The van der Waals surface area contributed by atoms with Crippen LogP contribution in [-0.4, -0.2) is 23.7 Å². The van der Waals surface area contributed by atoms with Crippen LogP contribution in [0, 0.1) is 5.92 Å². The van der Waals surface area contributed by atoms with Crippen molar-refractivity contribution in [1.29, 1.82) is 0 Å². The Bertz CT molecular complexity index is 598. The lowest BCUT2D eigenvalue weighted by Crippen LogP contribution is -2.38. The minimum absolute atomic E-state index is 0.0369. The molecule has 0 fully saturated rings. The molecule has 0 aliphatic rings. The molecule has 0 bridgehead atoms. The highest BCUT2D eigenvalue weighted by molar-refractivity contribution is 7.98.